The third kappa shape index (κ3) is 5.80. The first-order valence-corrected chi connectivity index (χ1v) is 21.6. The smallest absolute Gasteiger partial charge is 0.165 e. The molecule has 12 aromatic rings. The van der Waals surface area contributed by atoms with E-state index in [9.17, 15) is 0 Å². The lowest BCUT2D eigenvalue weighted by molar-refractivity contribution is 1.08. The number of pyridine rings is 1. The minimum Gasteiger partial charge on any atom is -0.246 e. The molecule has 0 saturated carbocycles. The molecule has 0 amide bonds. The van der Waals surface area contributed by atoms with Crippen molar-refractivity contribution in [2.75, 3.05) is 0 Å². The second kappa shape index (κ2) is 14.2. The molecule has 12 rings (SSSR count). The number of rotatable bonds is 6. The lowest BCUT2D eigenvalue weighted by Gasteiger charge is -2.13. The van der Waals surface area contributed by atoms with E-state index in [1.54, 1.807) is 22.7 Å². The topological polar surface area (TPSA) is 51.6 Å². The highest BCUT2D eigenvalue weighted by atomic mass is 32.1. The Kier molecular flexibility index (Phi) is 8.18. The summed E-state index contributed by atoms with van der Waals surface area (Å²) in [7, 11) is 0. The fourth-order valence-corrected chi connectivity index (χ4v) is 10.9. The summed E-state index contributed by atoms with van der Waals surface area (Å²) in [5.74, 6) is 1.91. The highest BCUT2D eigenvalue weighted by molar-refractivity contribution is 7.26. The third-order valence-corrected chi connectivity index (χ3v) is 13.7. The minimum absolute atomic E-state index is 0.617. The van der Waals surface area contributed by atoms with Crippen LogP contribution < -0.4 is 0 Å². The summed E-state index contributed by atoms with van der Waals surface area (Å²) in [5, 5.41) is 6.07. The Labute approximate surface area is 353 Å². The van der Waals surface area contributed by atoms with E-state index in [0.29, 0.717) is 17.5 Å². The van der Waals surface area contributed by atoms with Crippen LogP contribution in [0.2, 0.25) is 0 Å². The van der Waals surface area contributed by atoms with Crippen molar-refractivity contribution in [2.24, 2.45) is 0 Å². The lowest BCUT2D eigenvalue weighted by atomic mass is 9.96. The van der Waals surface area contributed by atoms with Crippen LogP contribution in [0.15, 0.2) is 194 Å². The van der Waals surface area contributed by atoms with E-state index in [1.165, 1.54) is 46.8 Å². The SMILES string of the molecule is c1ccc(-c2ccc(-c3cccc4c3nc(-c3cccc(-c5nc(-c6ccccc6)nc(-c6cccc7c6sc6ccccc67)n5)c3)c3sc5ccccc5c34)cc2)cc1. The number of para-hydroxylation sites is 1. The Hall–Kier alpha value is -7.38. The first-order chi connectivity index (χ1) is 29.7. The zero-order valence-electron chi connectivity index (χ0n) is 32.1. The largest absolute Gasteiger partial charge is 0.246 e. The molecular weight excluding hydrogens is 769 g/mol. The van der Waals surface area contributed by atoms with E-state index in [0.717, 1.165) is 54.7 Å². The highest BCUT2D eigenvalue weighted by Crippen LogP contribution is 2.45. The number of benzene rings is 8. The van der Waals surface area contributed by atoms with Crippen molar-refractivity contribution in [1.29, 1.82) is 0 Å². The van der Waals surface area contributed by atoms with Gasteiger partial charge >= 0.3 is 0 Å². The number of thiophene rings is 2. The number of hydrogen-bond acceptors (Lipinski definition) is 6. The third-order valence-electron chi connectivity index (χ3n) is 11.3. The molecule has 0 aliphatic carbocycles. The standard InChI is InChI=1S/C54H32N4S2/c1-3-14-33(15-4-1)34-28-30-35(31-29-34)39-22-12-24-43-47-42-21-8-10-27-46(42)60-51(47)48(55-49(39)43)37-18-11-19-38(32-37)53-56-52(36-16-5-2-6-17-36)57-54(58-53)44-25-13-23-41-40-20-7-9-26-45(40)59-50(41)44/h1-32H. The number of aromatic nitrogens is 4. The van der Waals surface area contributed by atoms with Gasteiger partial charge in [-0.1, -0.05) is 170 Å². The monoisotopic (exact) mass is 800 g/mol. The van der Waals surface area contributed by atoms with Gasteiger partial charge in [0.1, 0.15) is 0 Å². The number of hydrogen-bond donors (Lipinski definition) is 0. The normalized spacial score (nSPS) is 11.7. The van der Waals surface area contributed by atoms with E-state index in [-0.39, 0.29) is 0 Å². The predicted molar refractivity (Wildman–Crippen MR) is 254 cm³/mol. The summed E-state index contributed by atoms with van der Waals surface area (Å²) in [6.07, 6.45) is 0. The van der Waals surface area contributed by atoms with Crippen molar-refractivity contribution in [3.05, 3.63) is 194 Å². The number of nitrogens with zero attached hydrogens (tertiary/aromatic N) is 4. The maximum Gasteiger partial charge on any atom is 0.165 e. The van der Waals surface area contributed by atoms with Crippen molar-refractivity contribution in [1.82, 2.24) is 19.9 Å². The first kappa shape index (κ1) is 34.6. The van der Waals surface area contributed by atoms with Gasteiger partial charge < -0.3 is 0 Å². The van der Waals surface area contributed by atoms with Gasteiger partial charge in [-0.25, -0.2) is 19.9 Å². The van der Waals surface area contributed by atoms with Gasteiger partial charge in [0, 0.05) is 68.8 Å². The lowest BCUT2D eigenvalue weighted by Crippen LogP contribution is -2.00. The zero-order chi connectivity index (χ0) is 39.6. The molecule has 0 unspecified atom stereocenters. The average Bonchev–Trinajstić information content (AvgIpc) is 3.91. The van der Waals surface area contributed by atoms with Crippen molar-refractivity contribution in [2.45, 2.75) is 0 Å². The molecule has 6 heteroatoms. The van der Waals surface area contributed by atoms with Gasteiger partial charge in [0.05, 0.1) is 15.9 Å². The fourth-order valence-electron chi connectivity index (χ4n) is 8.48. The maximum atomic E-state index is 5.60. The van der Waals surface area contributed by atoms with Gasteiger partial charge in [0.2, 0.25) is 0 Å². The molecule has 4 heterocycles. The summed E-state index contributed by atoms with van der Waals surface area (Å²) in [6.45, 7) is 0. The molecule has 8 aromatic carbocycles. The first-order valence-electron chi connectivity index (χ1n) is 20.0. The van der Waals surface area contributed by atoms with Gasteiger partial charge in [0.15, 0.2) is 17.5 Å². The molecule has 0 saturated heterocycles. The van der Waals surface area contributed by atoms with Crippen LogP contribution in [-0.2, 0) is 0 Å². The Morgan fingerprint density at radius 2 is 0.817 bits per heavy atom. The second-order valence-electron chi connectivity index (χ2n) is 14.9. The molecular formula is C54H32N4S2. The van der Waals surface area contributed by atoms with Crippen LogP contribution >= 0.6 is 22.7 Å². The molecule has 0 aliphatic rings. The van der Waals surface area contributed by atoms with Gasteiger partial charge in [-0.15, -0.1) is 22.7 Å². The average molecular weight is 801 g/mol. The van der Waals surface area contributed by atoms with E-state index < -0.39 is 0 Å². The van der Waals surface area contributed by atoms with Crippen LogP contribution in [0.25, 0.3) is 119 Å². The summed E-state index contributed by atoms with van der Waals surface area (Å²) in [4.78, 5) is 21.1. The van der Waals surface area contributed by atoms with Gasteiger partial charge in [-0.2, -0.15) is 0 Å². The van der Waals surface area contributed by atoms with Crippen LogP contribution in [0.3, 0.4) is 0 Å². The summed E-state index contributed by atoms with van der Waals surface area (Å²) >= 11 is 3.58. The Morgan fingerprint density at radius 1 is 0.300 bits per heavy atom. The van der Waals surface area contributed by atoms with Crippen LogP contribution in [0.5, 0.6) is 0 Å². The fraction of sp³-hybridized carbons (Fsp3) is 0. The van der Waals surface area contributed by atoms with Crippen LogP contribution in [0.1, 0.15) is 0 Å². The van der Waals surface area contributed by atoms with E-state index >= 15 is 0 Å². The van der Waals surface area contributed by atoms with Crippen molar-refractivity contribution < 1.29 is 0 Å². The molecule has 0 N–H and O–H groups in total. The van der Waals surface area contributed by atoms with Crippen LogP contribution in [-0.4, -0.2) is 19.9 Å². The predicted octanol–water partition coefficient (Wildman–Crippen LogP) is 15.2. The highest BCUT2D eigenvalue weighted by Gasteiger charge is 2.21. The number of fused-ring (bicyclic) bond motifs is 8. The van der Waals surface area contributed by atoms with E-state index in [4.69, 9.17) is 19.9 Å². The molecule has 0 atom stereocenters. The summed E-state index contributed by atoms with van der Waals surface area (Å²) < 4.78 is 4.81. The van der Waals surface area contributed by atoms with E-state index in [1.807, 2.05) is 18.2 Å². The molecule has 0 fully saturated rings. The van der Waals surface area contributed by atoms with Crippen LogP contribution in [0.4, 0.5) is 0 Å². The molecule has 280 valence electrons. The molecule has 4 nitrogen and oxygen atoms in total. The molecule has 0 spiro atoms. The quantitative estimate of drug-likeness (QED) is 0.168. The van der Waals surface area contributed by atoms with Crippen molar-refractivity contribution in [3.8, 4) is 67.7 Å². The maximum absolute atomic E-state index is 5.60. The Bertz CT molecular complexity index is 3590. The molecule has 0 aliphatic heterocycles. The second-order valence-corrected chi connectivity index (χ2v) is 17.0. The summed E-state index contributed by atoms with van der Waals surface area (Å²) in [6, 6.07) is 68.4. The minimum atomic E-state index is 0.617. The van der Waals surface area contributed by atoms with E-state index in [2.05, 4.69) is 176 Å². The van der Waals surface area contributed by atoms with Gasteiger partial charge in [0.25, 0.3) is 0 Å². The summed E-state index contributed by atoms with van der Waals surface area (Å²) in [5.41, 5.74) is 10.4. The molecule has 0 radical (unpaired) electrons. The Balaban J connectivity index is 1.05. The van der Waals surface area contributed by atoms with Crippen molar-refractivity contribution >= 4 is 73.9 Å². The molecule has 0 bridgehead atoms. The van der Waals surface area contributed by atoms with Crippen LogP contribution in [0, 0.1) is 0 Å². The Morgan fingerprint density at radius 3 is 1.60 bits per heavy atom. The van der Waals surface area contributed by atoms with Crippen molar-refractivity contribution in [3.63, 3.8) is 0 Å². The van der Waals surface area contributed by atoms with Gasteiger partial charge in [-0.3, -0.25) is 0 Å². The molecule has 4 aromatic heterocycles. The molecule has 60 heavy (non-hydrogen) atoms. The van der Waals surface area contributed by atoms with Gasteiger partial charge in [-0.05, 0) is 41.0 Å². The zero-order valence-corrected chi connectivity index (χ0v) is 33.7.